The molecule has 26 heavy (non-hydrogen) atoms. The van der Waals surface area contributed by atoms with Crippen LogP contribution in [0.25, 0.3) is 0 Å². The Morgan fingerprint density at radius 2 is 1.88 bits per heavy atom. The highest BCUT2D eigenvalue weighted by molar-refractivity contribution is 7.99. The predicted molar refractivity (Wildman–Crippen MR) is 107 cm³/mol. The van der Waals surface area contributed by atoms with Crippen molar-refractivity contribution in [1.82, 2.24) is 15.2 Å². The fourth-order valence-electron chi connectivity index (χ4n) is 4.71. The van der Waals surface area contributed by atoms with Gasteiger partial charge in [-0.1, -0.05) is 19.8 Å². The third kappa shape index (κ3) is 3.72. The number of ketones is 1. The van der Waals surface area contributed by atoms with Crippen LogP contribution >= 0.6 is 11.8 Å². The number of thioether (sulfide) groups is 1. The molecule has 1 aliphatic carbocycles. The summed E-state index contributed by atoms with van der Waals surface area (Å²) in [7, 11) is 0. The largest absolute Gasteiger partial charge is 0.354 e. The van der Waals surface area contributed by atoms with Gasteiger partial charge in [-0.05, 0) is 38.7 Å². The standard InChI is InChI=1S/C20H31N3O2S/c1-4-16-17(15(3)24)14(2)22-18(16)19(25)21-13-20(7-5-6-8-20)23-9-11-26-12-10-23/h22H,4-13H2,1-3H3,(H,21,25). The normalized spacial score (nSPS) is 20.3. The van der Waals surface area contributed by atoms with Gasteiger partial charge in [-0.15, -0.1) is 0 Å². The molecule has 2 aliphatic rings. The van der Waals surface area contributed by atoms with E-state index in [0.29, 0.717) is 24.2 Å². The molecule has 1 saturated heterocycles. The number of rotatable bonds is 6. The van der Waals surface area contributed by atoms with Gasteiger partial charge in [0.1, 0.15) is 5.69 Å². The van der Waals surface area contributed by atoms with Crippen molar-refractivity contribution in [2.45, 2.75) is 58.4 Å². The van der Waals surface area contributed by atoms with Gasteiger partial charge >= 0.3 is 0 Å². The average molecular weight is 378 g/mol. The van der Waals surface area contributed by atoms with Crippen LogP contribution in [0.1, 0.15) is 71.6 Å². The summed E-state index contributed by atoms with van der Waals surface area (Å²) in [4.78, 5) is 30.6. The summed E-state index contributed by atoms with van der Waals surface area (Å²) < 4.78 is 0. The second-order valence-electron chi connectivity index (χ2n) is 7.60. The highest BCUT2D eigenvalue weighted by atomic mass is 32.2. The Balaban J connectivity index is 1.75. The molecule has 1 saturated carbocycles. The molecule has 0 atom stereocenters. The average Bonchev–Trinajstić information content (AvgIpc) is 3.25. The van der Waals surface area contributed by atoms with Gasteiger partial charge in [0.2, 0.25) is 0 Å². The van der Waals surface area contributed by atoms with Crippen LogP contribution in [0.3, 0.4) is 0 Å². The first kappa shape index (κ1) is 19.5. The smallest absolute Gasteiger partial charge is 0.268 e. The monoisotopic (exact) mass is 377 g/mol. The van der Waals surface area contributed by atoms with Gasteiger partial charge in [0.05, 0.1) is 0 Å². The molecule has 2 heterocycles. The molecule has 1 aromatic heterocycles. The third-order valence-corrected chi connectivity index (χ3v) is 6.96. The molecule has 5 nitrogen and oxygen atoms in total. The maximum atomic E-state index is 12.9. The quantitative estimate of drug-likeness (QED) is 0.748. The lowest BCUT2D eigenvalue weighted by molar-refractivity contribution is 0.0813. The fraction of sp³-hybridized carbons (Fsp3) is 0.700. The number of carbonyl (C=O) groups excluding carboxylic acids is 2. The van der Waals surface area contributed by atoms with E-state index < -0.39 is 0 Å². The fourth-order valence-corrected chi connectivity index (χ4v) is 5.61. The van der Waals surface area contributed by atoms with Crippen LogP contribution in [0.2, 0.25) is 0 Å². The Hall–Kier alpha value is -1.27. The minimum atomic E-state index is -0.0740. The summed E-state index contributed by atoms with van der Waals surface area (Å²) in [6.07, 6.45) is 5.50. The number of nitrogens with one attached hydrogen (secondary N) is 2. The van der Waals surface area contributed by atoms with E-state index in [1.807, 2.05) is 25.6 Å². The second-order valence-corrected chi connectivity index (χ2v) is 8.83. The van der Waals surface area contributed by atoms with Gasteiger partial charge in [-0.25, -0.2) is 0 Å². The molecule has 3 rings (SSSR count). The first-order chi connectivity index (χ1) is 12.5. The van der Waals surface area contributed by atoms with Crippen LogP contribution in [-0.4, -0.2) is 58.3 Å². The number of aromatic amines is 1. The summed E-state index contributed by atoms with van der Waals surface area (Å²) in [6.45, 7) is 8.38. The minimum Gasteiger partial charge on any atom is -0.354 e. The Morgan fingerprint density at radius 3 is 2.46 bits per heavy atom. The molecule has 0 radical (unpaired) electrons. The maximum Gasteiger partial charge on any atom is 0.268 e. The Labute approximate surface area is 160 Å². The van der Waals surface area contributed by atoms with Gasteiger partial charge in [0.25, 0.3) is 5.91 Å². The molecule has 0 spiro atoms. The zero-order valence-corrected chi connectivity index (χ0v) is 17.1. The molecule has 0 bridgehead atoms. The number of nitrogens with zero attached hydrogens (tertiary/aromatic N) is 1. The van der Waals surface area contributed by atoms with Gasteiger partial charge < -0.3 is 10.3 Å². The molecule has 1 aliphatic heterocycles. The van der Waals surface area contributed by atoms with E-state index >= 15 is 0 Å². The van der Waals surface area contributed by atoms with E-state index in [9.17, 15) is 9.59 Å². The van der Waals surface area contributed by atoms with E-state index in [2.05, 4.69) is 15.2 Å². The highest BCUT2D eigenvalue weighted by Gasteiger charge is 2.40. The highest BCUT2D eigenvalue weighted by Crippen LogP contribution is 2.36. The van der Waals surface area contributed by atoms with Crippen molar-refractivity contribution in [3.05, 3.63) is 22.5 Å². The molecule has 1 aromatic rings. The van der Waals surface area contributed by atoms with Crippen LogP contribution in [0.15, 0.2) is 0 Å². The summed E-state index contributed by atoms with van der Waals surface area (Å²) in [5.41, 5.74) is 3.01. The van der Waals surface area contributed by atoms with Gasteiger partial charge in [-0.2, -0.15) is 11.8 Å². The van der Waals surface area contributed by atoms with E-state index in [-0.39, 0.29) is 17.2 Å². The molecule has 0 aromatic carbocycles. The van der Waals surface area contributed by atoms with Crippen molar-refractivity contribution in [3.8, 4) is 0 Å². The molecule has 6 heteroatoms. The molecule has 0 unspecified atom stereocenters. The topological polar surface area (TPSA) is 65.2 Å². The van der Waals surface area contributed by atoms with Crippen LogP contribution in [0, 0.1) is 6.92 Å². The summed E-state index contributed by atoms with van der Waals surface area (Å²) >= 11 is 2.02. The Bertz CT molecular complexity index is 671. The zero-order chi connectivity index (χ0) is 18.7. The Morgan fingerprint density at radius 1 is 1.23 bits per heavy atom. The first-order valence-corrected chi connectivity index (χ1v) is 11.0. The van der Waals surface area contributed by atoms with E-state index in [4.69, 9.17) is 0 Å². The number of Topliss-reactive ketones (excluding diaryl/α,β-unsaturated/α-hetero) is 1. The lowest BCUT2D eigenvalue weighted by atomic mass is 9.94. The number of aromatic nitrogens is 1. The summed E-state index contributed by atoms with van der Waals surface area (Å²) in [5, 5.41) is 3.20. The van der Waals surface area contributed by atoms with Crippen molar-refractivity contribution in [1.29, 1.82) is 0 Å². The summed E-state index contributed by atoms with van der Waals surface area (Å²) in [5.74, 6) is 2.32. The molecule has 2 N–H and O–H groups in total. The number of aryl methyl sites for hydroxylation is 1. The van der Waals surface area contributed by atoms with E-state index in [0.717, 1.165) is 24.3 Å². The van der Waals surface area contributed by atoms with E-state index in [1.54, 1.807) is 6.92 Å². The van der Waals surface area contributed by atoms with Crippen LogP contribution in [0.4, 0.5) is 0 Å². The second kappa shape index (κ2) is 8.17. The molecular formula is C20H31N3O2S. The number of hydrogen-bond donors (Lipinski definition) is 2. The van der Waals surface area contributed by atoms with Gasteiger partial charge in [0.15, 0.2) is 5.78 Å². The third-order valence-electron chi connectivity index (χ3n) is 6.02. The molecule has 1 amide bonds. The minimum absolute atomic E-state index is 0.0210. The number of H-pyrrole nitrogens is 1. The van der Waals surface area contributed by atoms with Crippen LogP contribution in [-0.2, 0) is 6.42 Å². The van der Waals surface area contributed by atoms with Crippen molar-refractivity contribution >= 4 is 23.5 Å². The molecule has 2 fully saturated rings. The Kier molecular flexibility index (Phi) is 6.13. The number of amides is 1. The predicted octanol–water partition coefficient (Wildman–Crippen LogP) is 3.18. The van der Waals surface area contributed by atoms with Crippen molar-refractivity contribution in [2.75, 3.05) is 31.1 Å². The molecular weight excluding hydrogens is 346 g/mol. The lowest BCUT2D eigenvalue weighted by Gasteiger charge is -2.43. The number of hydrogen-bond acceptors (Lipinski definition) is 4. The maximum absolute atomic E-state index is 12.9. The van der Waals surface area contributed by atoms with Crippen molar-refractivity contribution in [2.24, 2.45) is 0 Å². The van der Waals surface area contributed by atoms with Gasteiger partial charge in [-0.3, -0.25) is 14.5 Å². The molecule has 144 valence electrons. The zero-order valence-electron chi connectivity index (χ0n) is 16.2. The van der Waals surface area contributed by atoms with Crippen LogP contribution in [0.5, 0.6) is 0 Å². The van der Waals surface area contributed by atoms with E-state index in [1.165, 1.54) is 37.2 Å². The lowest BCUT2D eigenvalue weighted by Crippen LogP contribution is -2.56. The van der Waals surface area contributed by atoms with Crippen LogP contribution < -0.4 is 5.32 Å². The van der Waals surface area contributed by atoms with Gasteiger partial charge in [0, 0.05) is 47.9 Å². The van der Waals surface area contributed by atoms with Crippen molar-refractivity contribution < 1.29 is 9.59 Å². The number of carbonyl (C=O) groups is 2. The van der Waals surface area contributed by atoms with Crippen molar-refractivity contribution in [3.63, 3.8) is 0 Å². The first-order valence-electron chi connectivity index (χ1n) is 9.82. The SMILES string of the molecule is CCc1c(C(=O)NCC2(N3CCSCC3)CCCC2)[nH]c(C)c1C(C)=O. The summed E-state index contributed by atoms with van der Waals surface area (Å²) in [6, 6.07) is 0.